The van der Waals surface area contributed by atoms with Gasteiger partial charge in [0.1, 0.15) is 12.4 Å². The van der Waals surface area contributed by atoms with E-state index in [1.54, 1.807) is 24.0 Å². The van der Waals surface area contributed by atoms with E-state index in [1.165, 1.54) is 12.1 Å². The number of benzene rings is 1. The number of piperidine rings is 2. The number of hydrogen-bond acceptors (Lipinski definition) is 4. The molecular weight excluding hydrogens is 361 g/mol. The number of likely N-dealkylation sites (tertiary alicyclic amines) is 2. The molecule has 4 rings (SSSR count). The summed E-state index contributed by atoms with van der Waals surface area (Å²) in [7, 11) is 0. The van der Waals surface area contributed by atoms with Crippen LogP contribution in [0.15, 0.2) is 24.3 Å². The number of anilines is 1. The predicted molar refractivity (Wildman–Crippen MR) is 104 cm³/mol. The van der Waals surface area contributed by atoms with Gasteiger partial charge in [-0.15, -0.1) is 0 Å². The highest BCUT2D eigenvalue weighted by molar-refractivity contribution is 5.95. The van der Waals surface area contributed by atoms with Crippen LogP contribution < -0.4 is 4.90 Å². The molecule has 0 saturated carbocycles. The lowest BCUT2D eigenvalue weighted by molar-refractivity contribution is -0.146. The Labute approximate surface area is 165 Å². The van der Waals surface area contributed by atoms with Crippen LogP contribution in [0.1, 0.15) is 32.6 Å². The van der Waals surface area contributed by atoms with Crippen LogP contribution in [0.25, 0.3) is 0 Å². The lowest BCUT2D eigenvalue weighted by Crippen LogP contribution is -2.60. The first kappa shape index (κ1) is 19.3. The van der Waals surface area contributed by atoms with Crippen LogP contribution in [0.2, 0.25) is 0 Å². The van der Waals surface area contributed by atoms with Crippen LogP contribution >= 0.6 is 0 Å². The Balaban J connectivity index is 1.36. The van der Waals surface area contributed by atoms with Crippen molar-refractivity contribution in [3.8, 4) is 0 Å². The van der Waals surface area contributed by atoms with Gasteiger partial charge < -0.3 is 19.4 Å². The van der Waals surface area contributed by atoms with E-state index in [1.807, 2.05) is 4.90 Å². The summed E-state index contributed by atoms with van der Waals surface area (Å²) in [6.07, 6.45) is 3.80. The summed E-state index contributed by atoms with van der Waals surface area (Å²) >= 11 is 0. The minimum absolute atomic E-state index is 0.0729. The standard InChI is InChI=1S/C21H28FN3O3/c1-16(26)23-10-6-18(7-11-23)24-12-8-21(9-13-24)15-25(20(27)14-28-21)19-4-2-17(22)3-5-19/h2-5,18H,6-15H2,1H3. The van der Waals surface area contributed by atoms with Crippen LogP contribution in [-0.2, 0) is 14.3 Å². The SMILES string of the molecule is CC(=O)N1CCC(N2CCC3(CC2)CN(c2ccc(F)cc2)C(=O)CO3)CC1. The number of hydrogen-bond donors (Lipinski definition) is 0. The van der Waals surface area contributed by atoms with Gasteiger partial charge >= 0.3 is 0 Å². The molecule has 6 nitrogen and oxygen atoms in total. The molecule has 0 N–H and O–H groups in total. The van der Waals surface area contributed by atoms with Crippen molar-refractivity contribution in [2.24, 2.45) is 0 Å². The lowest BCUT2D eigenvalue weighted by atomic mass is 9.87. The summed E-state index contributed by atoms with van der Waals surface area (Å²) in [5.41, 5.74) is 0.409. The topological polar surface area (TPSA) is 53.1 Å². The Morgan fingerprint density at radius 1 is 1.11 bits per heavy atom. The largest absolute Gasteiger partial charge is 0.363 e. The zero-order chi connectivity index (χ0) is 19.7. The highest BCUT2D eigenvalue weighted by Crippen LogP contribution is 2.34. The molecule has 3 aliphatic heterocycles. The van der Waals surface area contributed by atoms with Gasteiger partial charge in [0.05, 0.1) is 12.1 Å². The first-order valence-electron chi connectivity index (χ1n) is 10.2. The van der Waals surface area contributed by atoms with E-state index in [0.717, 1.165) is 57.5 Å². The maximum Gasteiger partial charge on any atom is 0.253 e. The Morgan fingerprint density at radius 3 is 2.36 bits per heavy atom. The molecule has 2 amide bonds. The van der Waals surface area contributed by atoms with Gasteiger partial charge in [0.2, 0.25) is 5.91 Å². The molecule has 7 heteroatoms. The van der Waals surface area contributed by atoms with Crippen LogP contribution in [0, 0.1) is 5.82 Å². The number of morpholine rings is 1. The molecule has 1 aromatic rings. The molecule has 0 radical (unpaired) electrons. The first-order chi connectivity index (χ1) is 13.5. The number of rotatable bonds is 2. The second-order valence-electron chi connectivity index (χ2n) is 8.20. The molecule has 1 spiro atoms. The van der Waals surface area contributed by atoms with Gasteiger partial charge in [0, 0.05) is 44.8 Å². The molecule has 0 unspecified atom stereocenters. The maximum absolute atomic E-state index is 13.2. The zero-order valence-corrected chi connectivity index (χ0v) is 16.4. The minimum atomic E-state index is -0.321. The molecule has 0 atom stereocenters. The van der Waals surface area contributed by atoms with Crippen molar-refractivity contribution in [2.45, 2.75) is 44.2 Å². The third kappa shape index (κ3) is 3.91. The third-order valence-electron chi connectivity index (χ3n) is 6.52. The molecule has 152 valence electrons. The summed E-state index contributed by atoms with van der Waals surface area (Å²) in [6, 6.07) is 6.61. The van der Waals surface area contributed by atoms with E-state index in [0.29, 0.717) is 12.6 Å². The number of ether oxygens (including phenoxy) is 1. The molecule has 1 aromatic carbocycles. The Bertz CT molecular complexity index is 723. The lowest BCUT2D eigenvalue weighted by Gasteiger charge is -2.49. The summed E-state index contributed by atoms with van der Waals surface area (Å²) in [6.45, 7) is 5.80. The second kappa shape index (κ2) is 7.79. The molecule has 3 saturated heterocycles. The van der Waals surface area contributed by atoms with E-state index in [4.69, 9.17) is 4.74 Å². The summed E-state index contributed by atoms with van der Waals surface area (Å²) in [4.78, 5) is 30.1. The fourth-order valence-corrected chi connectivity index (χ4v) is 4.72. The van der Waals surface area contributed by atoms with Gasteiger partial charge in [0.25, 0.3) is 5.91 Å². The van der Waals surface area contributed by atoms with E-state index in [9.17, 15) is 14.0 Å². The van der Waals surface area contributed by atoms with E-state index in [2.05, 4.69) is 4.90 Å². The van der Waals surface area contributed by atoms with Gasteiger partial charge in [-0.05, 0) is 49.9 Å². The molecule has 3 heterocycles. The zero-order valence-electron chi connectivity index (χ0n) is 16.4. The smallest absolute Gasteiger partial charge is 0.253 e. The average Bonchev–Trinajstić information content (AvgIpc) is 2.71. The fourth-order valence-electron chi connectivity index (χ4n) is 4.72. The first-order valence-corrected chi connectivity index (χ1v) is 10.2. The van der Waals surface area contributed by atoms with Crippen LogP contribution in [-0.4, -0.2) is 72.6 Å². The summed E-state index contributed by atoms with van der Waals surface area (Å²) in [5.74, 6) is -0.211. The Morgan fingerprint density at radius 2 is 1.75 bits per heavy atom. The molecular formula is C21H28FN3O3. The maximum atomic E-state index is 13.2. The molecule has 3 aliphatic rings. The van der Waals surface area contributed by atoms with Gasteiger partial charge in [0.15, 0.2) is 0 Å². The van der Waals surface area contributed by atoms with Crippen molar-refractivity contribution in [1.29, 1.82) is 0 Å². The van der Waals surface area contributed by atoms with Crippen molar-refractivity contribution in [3.63, 3.8) is 0 Å². The summed E-state index contributed by atoms with van der Waals surface area (Å²) in [5, 5.41) is 0. The Hall–Kier alpha value is -1.99. The number of amides is 2. The van der Waals surface area contributed by atoms with Crippen LogP contribution in [0.4, 0.5) is 10.1 Å². The quantitative estimate of drug-likeness (QED) is 0.777. The van der Waals surface area contributed by atoms with Gasteiger partial charge in [-0.2, -0.15) is 0 Å². The number of carbonyl (C=O) groups is 2. The van der Waals surface area contributed by atoms with Crippen molar-refractivity contribution >= 4 is 17.5 Å². The monoisotopic (exact) mass is 389 g/mol. The Kier molecular flexibility index (Phi) is 5.38. The third-order valence-corrected chi connectivity index (χ3v) is 6.52. The molecule has 0 aromatic heterocycles. The highest BCUT2D eigenvalue weighted by atomic mass is 19.1. The second-order valence-corrected chi connectivity index (χ2v) is 8.20. The predicted octanol–water partition coefficient (Wildman–Crippen LogP) is 2.03. The van der Waals surface area contributed by atoms with Gasteiger partial charge in [-0.25, -0.2) is 4.39 Å². The normalized spacial score (nSPS) is 24.0. The van der Waals surface area contributed by atoms with E-state index >= 15 is 0 Å². The number of nitrogens with zero attached hydrogens (tertiary/aromatic N) is 3. The van der Waals surface area contributed by atoms with Crippen molar-refractivity contribution in [2.75, 3.05) is 44.2 Å². The fraction of sp³-hybridized carbons (Fsp3) is 0.619. The van der Waals surface area contributed by atoms with Crippen molar-refractivity contribution in [3.05, 3.63) is 30.1 Å². The molecule has 28 heavy (non-hydrogen) atoms. The van der Waals surface area contributed by atoms with Crippen LogP contribution in [0.3, 0.4) is 0 Å². The number of halogens is 1. The summed E-state index contributed by atoms with van der Waals surface area (Å²) < 4.78 is 19.3. The molecule has 3 fully saturated rings. The number of carbonyl (C=O) groups excluding carboxylic acids is 2. The molecule has 0 aliphatic carbocycles. The average molecular weight is 389 g/mol. The van der Waals surface area contributed by atoms with Crippen LogP contribution in [0.5, 0.6) is 0 Å². The van der Waals surface area contributed by atoms with E-state index < -0.39 is 0 Å². The van der Waals surface area contributed by atoms with E-state index in [-0.39, 0.29) is 29.8 Å². The minimum Gasteiger partial charge on any atom is -0.363 e. The molecule has 0 bridgehead atoms. The van der Waals surface area contributed by atoms with Crippen molar-refractivity contribution < 1.29 is 18.7 Å². The van der Waals surface area contributed by atoms with Gasteiger partial charge in [-0.1, -0.05) is 0 Å². The highest BCUT2D eigenvalue weighted by Gasteiger charge is 2.43. The van der Waals surface area contributed by atoms with Crippen molar-refractivity contribution in [1.82, 2.24) is 9.80 Å². The van der Waals surface area contributed by atoms with Gasteiger partial charge in [-0.3, -0.25) is 9.59 Å².